The minimum Gasteiger partial charge on any atom is -0.508 e. The smallest absolute Gasteiger partial charge is 0.313 e. The SMILES string of the molecule is CC(C)(C(=O)O)c1cccc(C(O)CCCN2CCC(C(c3ccccc3)c3ccc(O)cc3)CC2)c1.Cl. The van der Waals surface area contributed by atoms with Gasteiger partial charge in [-0.05, 0) is 99.5 Å². The van der Waals surface area contributed by atoms with E-state index in [-0.39, 0.29) is 12.4 Å². The highest BCUT2D eigenvalue weighted by Gasteiger charge is 2.30. The summed E-state index contributed by atoms with van der Waals surface area (Å²) in [5.74, 6) is 0.273. The third-order valence-corrected chi connectivity index (χ3v) is 7.99. The molecule has 0 saturated carbocycles. The number of phenols is 1. The molecular weight excluding hydrogens is 498 g/mol. The third-order valence-electron chi connectivity index (χ3n) is 7.99. The van der Waals surface area contributed by atoms with Crippen molar-refractivity contribution in [2.45, 2.75) is 57.0 Å². The summed E-state index contributed by atoms with van der Waals surface area (Å²) >= 11 is 0. The van der Waals surface area contributed by atoms with E-state index in [1.165, 1.54) is 11.1 Å². The Morgan fingerprint density at radius 3 is 2.16 bits per heavy atom. The Labute approximate surface area is 232 Å². The van der Waals surface area contributed by atoms with Gasteiger partial charge in [0.1, 0.15) is 5.75 Å². The van der Waals surface area contributed by atoms with Gasteiger partial charge >= 0.3 is 5.97 Å². The molecule has 204 valence electrons. The normalized spacial score (nSPS) is 16.4. The molecule has 2 unspecified atom stereocenters. The Kier molecular flexibility index (Phi) is 10.4. The fourth-order valence-electron chi connectivity index (χ4n) is 5.52. The Balaban J connectivity index is 0.00000400. The zero-order valence-corrected chi connectivity index (χ0v) is 23.1. The number of aromatic hydroxyl groups is 1. The van der Waals surface area contributed by atoms with Crippen LogP contribution in [0.1, 0.15) is 73.8 Å². The van der Waals surface area contributed by atoms with Crippen molar-refractivity contribution in [3.8, 4) is 5.75 Å². The monoisotopic (exact) mass is 537 g/mol. The number of halogens is 1. The zero-order chi connectivity index (χ0) is 26.4. The van der Waals surface area contributed by atoms with Crippen molar-refractivity contribution in [1.82, 2.24) is 4.90 Å². The van der Waals surface area contributed by atoms with Crippen LogP contribution in [0.4, 0.5) is 0 Å². The average molecular weight is 538 g/mol. The van der Waals surface area contributed by atoms with Crippen molar-refractivity contribution >= 4 is 18.4 Å². The molecule has 5 nitrogen and oxygen atoms in total. The van der Waals surface area contributed by atoms with Gasteiger partial charge in [-0.3, -0.25) is 4.79 Å². The van der Waals surface area contributed by atoms with E-state index in [9.17, 15) is 20.1 Å². The highest BCUT2D eigenvalue weighted by molar-refractivity contribution is 5.85. The number of nitrogens with zero attached hydrogens (tertiary/aromatic N) is 1. The molecule has 0 aromatic heterocycles. The van der Waals surface area contributed by atoms with Crippen molar-refractivity contribution in [3.05, 3.63) is 101 Å². The number of aliphatic hydroxyl groups excluding tert-OH is 1. The quantitative estimate of drug-likeness (QED) is 0.274. The molecule has 3 aromatic carbocycles. The Hall–Kier alpha value is -2.86. The second kappa shape index (κ2) is 13.3. The molecular formula is C32H40ClNO4. The summed E-state index contributed by atoms with van der Waals surface area (Å²) in [6.07, 6.45) is 3.15. The summed E-state index contributed by atoms with van der Waals surface area (Å²) in [5.41, 5.74) is 3.07. The average Bonchev–Trinajstić information content (AvgIpc) is 2.91. The molecule has 1 fully saturated rings. The fourth-order valence-corrected chi connectivity index (χ4v) is 5.52. The van der Waals surface area contributed by atoms with Gasteiger partial charge in [-0.2, -0.15) is 0 Å². The second-order valence-corrected chi connectivity index (χ2v) is 10.9. The Morgan fingerprint density at radius 2 is 1.53 bits per heavy atom. The number of carboxylic acids is 1. The zero-order valence-electron chi connectivity index (χ0n) is 22.3. The second-order valence-electron chi connectivity index (χ2n) is 10.9. The molecule has 3 N–H and O–H groups in total. The molecule has 4 rings (SSSR count). The van der Waals surface area contributed by atoms with Crippen molar-refractivity contribution in [2.24, 2.45) is 5.92 Å². The van der Waals surface area contributed by atoms with Crippen LogP contribution < -0.4 is 0 Å². The number of phenolic OH excluding ortho intramolecular Hbond substituents is 1. The lowest BCUT2D eigenvalue weighted by atomic mass is 9.76. The first-order chi connectivity index (χ1) is 17.8. The number of carbonyl (C=O) groups is 1. The number of aliphatic carboxylic acids is 1. The van der Waals surface area contributed by atoms with E-state index >= 15 is 0 Å². The first-order valence-electron chi connectivity index (χ1n) is 13.3. The van der Waals surface area contributed by atoms with Crippen LogP contribution in [0.3, 0.4) is 0 Å². The van der Waals surface area contributed by atoms with E-state index < -0.39 is 17.5 Å². The van der Waals surface area contributed by atoms with E-state index in [0.717, 1.165) is 44.5 Å². The maximum atomic E-state index is 11.6. The number of likely N-dealkylation sites (tertiary alicyclic amines) is 1. The molecule has 6 heteroatoms. The summed E-state index contributed by atoms with van der Waals surface area (Å²) in [5, 5.41) is 30.1. The molecule has 38 heavy (non-hydrogen) atoms. The molecule has 1 aliphatic heterocycles. The van der Waals surface area contributed by atoms with Crippen LogP contribution in [0, 0.1) is 5.92 Å². The molecule has 0 amide bonds. The minimum absolute atomic E-state index is 0. The molecule has 0 aliphatic carbocycles. The van der Waals surface area contributed by atoms with Gasteiger partial charge in [-0.25, -0.2) is 0 Å². The van der Waals surface area contributed by atoms with E-state index in [4.69, 9.17) is 0 Å². The van der Waals surface area contributed by atoms with Crippen LogP contribution in [-0.2, 0) is 10.2 Å². The van der Waals surface area contributed by atoms with E-state index in [1.807, 2.05) is 36.4 Å². The van der Waals surface area contributed by atoms with E-state index in [2.05, 4.69) is 35.2 Å². The lowest BCUT2D eigenvalue weighted by Crippen LogP contribution is -2.36. The predicted molar refractivity (Wildman–Crippen MR) is 154 cm³/mol. The van der Waals surface area contributed by atoms with Crippen molar-refractivity contribution < 1.29 is 20.1 Å². The summed E-state index contributed by atoms with van der Waals surface area (Å²) in [4.78, 5) is 14.1. The van der Waals surface area contributed by atoms with Crippen LogP contribution in [-0.4, -0.2) is 45.8 Å². The predicted octanol–water partition coefficient (Wildman–Crippen LogP) is 6.53. The van der Waals surface area contributed by atoms with Gasteiger partial charge in [0.2, 0.25) is 0 Å². The fraction of sp³-hybridized carbons (Fsp3) is 0.406. The van der Waals surface area contributed by atoms with E-state index in [1.54, 1.807) is 26.0 Å². The standard InChI is InChI=1S/C32H39NO4.ClH/c1-32(2,31(36)37)27-11-6-10-26(22-27)29(35)12-7-19-33-20-17-25(18-21-33)30(23-8-4-3-5-9-23)24-13-15-28(34)16-14-24;/h3-6,8-11,13-16,22,25,29-30,34-35H,7,12,17-21H2,1-2H3,(H,36,37);1H. The highest BCUT2D eigenvalue weighted by atomic mass is 35.5. The Morgan fingerprint density at radius 1 is 0.921 bits per heavy atom. The summed E-state index contributed by atoms with van der Waals surface area (Å²) < 4.78 is 0. The largest absolute Gasteiger partial charge is 0.508 e. The van der Waals surface area contributed by atoms with Crippen molar-refractivity contribution in [3.63, 3.8) is 0 Å². The lowest BCUT2D eigenvalue weighted by Gasteiger charge is -2.37. The number of rotatable bonds is 10. The third kappa shape index (κ3) is 7.16. The number of hydrogen-bond donors (Lipinski definition) is 3. The summed E-state index contributed by atoms with van der Waals surface area (Å²) in [6, 6.07) is 25.7. The first-order valence-corrected chi connectivity index (χ1v) is 13.3. The number of benzene rings is 3. The highest BCUT2D eigenvalue weighted by Crippen LogP contribution is 2.38. The first kappa shape index (κ1) is 29.7. The van der Waals surface area contributed by atoms with Gasteiger partial charge in [0.25, 0.3) is 0 Å². The summed E-state index contributed by atoms with van der Waals surface area (Å²) in [6.45, 7) is 6.39. The van der Waals surface area contributed by atoms with Crippen LogP contribution in [0.5, 0.6) is 5.75 Å². The minimum atomic E-state index is -0.988. The van der Waals surface area contributed by atoms with Crippen molar-refractivity contribution in [1.29, 1.82) is 0 Å². The van der Waals surface area contributed by atoms with Gasteiger partial charge in [0.05, 0.1) is 11.5 Å². The van der Waals surface area contributed by atoms with Crippen LogP contribution in [0.2, 0.25) is 0 Å². The molecule has 1 saturated heterocycles. The Bertz CT molecular complexity index is 1160. The van der Waals surface area contributed by atoms with Gasteiger partial charge in [0.15, 0.2) is 0 Å². The number of piperidine rings is 1. The molecule has 1 heterocycles. The topological polar surface area (TPSA) is 81.0 Å². The number of carboxylic acid groups (broad SMARTS) is 1. The van der Waals surface area contributed by atoms with Gasteiger partial charge in [0, 0.05) is 5.92 Å². The lowest BCUT2D eigenvalue weighted by molar-refractivity contribution is -0.142. The van der Waals surface area contributed by atoms with Crippen LogP contribution >= 0.6 is 12.4 Å². The molecule has 2 atom stereocenters. The molecule has 0 radical (unpaired) electrons. The van der Waals surface area contributed by atoms with Gasteiger partial charge in [-0.1, -0.05) is 66.7 Å². The van der Waals surface area contributed by atoms with Crippen LogP contribution in [0.15, 0.2) is 78.9 Å². The molecule has 1 aliphatic rings. The van der Waals surface area contributed by atoms with Crippen molar-refractivity contribution in [2.75, 3.05) is 19.6 Å². The summed E-state index contributed by atoms with van der Waals surface area (Å²) in [7, 11) is 0. The number of hydrogen-bond acceptors (Lipinski definition) is 4. The van der Waals surface area contributed by atoms with Gasteiger partial charge < -0.3 is 20.2 Å². The number of aliphatic hydroxyl groups is 1. The molecule has 3 aromatic rings. The van der Waals surface area contributed by atoms with E-state index in [0.29, 0.717) is 29.6 Å². The maximum Gasteiger partial charge on any atom is 0.313 e. The molecule has 0 bridgehead atoms. The maximum absolute atomic E-state index is 11.6. The molecule has 0 spiro atoms. The van der Waals surface area contributed by atoms with Gasteiger partial charge in [-0.15, -0.1) is 12.4 Å². The van der Waals surface area contributed by atoms with Crippen LogP contribution in [0.25, 0.3) is 0 Å².